The van der Waals surface area contributed by atoms with E-state index in [1.165, 1.54) is 19.2 Å². The highest BCUT2D eigenvalue weighted by molar-refractivity contribution is 7.85. The van der Waals surface area contributed by atoms with Gasteiger partial charge in [-0.05, 0) is 118 Å². The van der Waals surface area contributed by atoms with Crippen molar-refractivity contribution in [3.05, 3.63) is 119 Å². The molecular formula is C48H61N5O8S+2. The molecule has 0 radical (unpaired) electrons. The van der Waals surface area contributed by atoms with Gasteiger partial charge in [-0.1, -0.05) is 26.3 Å². The first kappa shape index (κ1) is 46.1. The van der Waals surface area contributed by atoms with Crippen molar-refractivity contribution in [3.8, 4) is 5.75 Å². The van der Waals surface area contributed by atoms with Gasteiger partial charge in [0.05, 0.1) is 55.5 Å². The standard InChI is InChI=1S/C48H59N5O8S/c1-47(2)38-16-14-30-51(28-12-8-10-18-42(54)55)45(38)49-40(47)26-20-34-32-53(5,6)33-35(44(34)61-36-22-24-37(25-23-36)62(57,58)59)21-27-41-48(3,4)39-17-15-31-52(46(39)50-41)29-13-9-11-19-43(56)60-7/h14-17,20-27,30-31H,8-13,18-19,28-29,32-33H2,1-7H3/p+2. The molecule has 6 rings (SSSR count). The summed E-state index contributed by atoms with van der Waals surface area (Å²) in [5, 5.41) is 9.05. The molecule has 0 amide bonds. The molecule has 0 saturated carbocycles. The number of amidine groups is 1. The molecule has 62 heavy (non-hydrogen) atoms. The van der Waals surface area contributed by atoms with Crippen LogP contribution in [-0.2, 0) is 36.4 Å². The summed E-state index contributed by atoms with van der Waals surface area (Å²) in [7, 11) is 1.37. The number of hydrogen-bond acceptors (Lipinski definition) is 9. The Balaban J connectivity index is 1.34. The third-order valence-electron chi connectivity index (χ3n) is 12.0. The smallest absolute Gasteiger partial charge is 0.327 e. The lowest BCUT2D eigenvalue weighted by Gasteiger charge is -2.36. The first-order chi connectivity index (χ1) is 29.3. The molecule has 14 heteroatoms. The summed E-state index contributed by atoms with van der Waals surface area (Å²) >= 11 is 0. The number of methoxy groups -OCH3 is 1. The monoisotopic (exact) mass is 867 g/mol. The molecule has 4 aliphatic rings. The second kappa shape index (κ2) is 18.9. The number of carbonyl (C=O) groups is 2. The molecule has 0 fully saturated rings. The number of fused-ring (bicyclic) bond motifs is 2. The first-order valence-electron chi connectivity index (χ1n) is 21.4. The van der Waals surface area contributed by atoms with Crippen LogP contribution < -0.4 is 9.30 Å². The van der Waals surface area contributed by atoms with Gasteiger partial charge < -0.3 is 24.0 Å². The average Bonchev–Trinajstić information content (AvgIpc) is 3.63. The second-order valence-electron chi connectivity index (χ2n) is 18.1. The highest BCUT2D eigenvalue weighted by Gasteiger charge is 2.43. The third kappa shape index (κ3) is 10.8. The number of hydrogen-bond donors (Lipinski definition) is 2. The van der Waals surface area contributed by atoms with E-state index >= 15 is 0 Å². The Hall–Kier alpha value is -5.44. The van der Waals surface area contributed by atoms with E-state index in [9.17, 15) is 22.6 Å². The number of aliphatic imine (C=N–C) groups is 2. The average molecular weight is 868 g/mol. The number of aromatic nitrogens is 1. The van der Waals surface area contributed by atoms with Gasteiger partial charge in [0.2, 0.25) is 0 Å². The van der Waals surface area contributed by atoms with Gasteiger partial charge in [0.25, 0.3) is 10.1 Å². The number of carboxylic acid groups (broad SMARTS) is 1. The summed E-state index contributed by atoms with van der Waals surface area (Å²) in [6, 6.07) is 9.90. The van der Waals surface area contributed by atoms with Crippen molar-refractivity contribution in [2.45, 2.75) is 95.9 Å². The van der Waals surface area contributed by atoms with E-state index in [4.69, 9.17) is 24.6 Å². The molecule has 0 atom stereocenters. The quantitative estimate of drug-likeness (QED) is 0.0499. The number of ether oxygens (including phenoxy) is 2. The fourth-order valence-corrected chi connectivity index (χ4v) is 8.86. The van der Waals surface area contributed by atoms with Crippen molar-refractivity contribution in [1.29, 1.82) is 0 Å². The number of aliphatic carboxylic acids is 1. The van der Waals surface area contributed by atoms with Crippen LogP contribution in [0.4, 0.5) is 5.82 Å². The molecule has 0 aliphatic carbocycles. The number of allylic oxidation sites excluding steroid dienone is 6. The Kier molecular flexibility index (Phi) is 14.0. The summed E-state index contributed by atoms with van der Waals surface area (Å²) in [5.74, 6) is 1.93. The Labute approximate surface area is 366 Å². The van der Waals surface area contributed by atoms with Crippen LogP contribution in [0.5, 0.6) is 5.75 Å². The lowest BCUT2D eigenvalue weighted by atomic mass is 9.81. The molecular weight excluding hydrogens is 807 g/mol. The Morgan fingerprint density at radius 2 is 1.65 bits per heavy atom. The molecule has 1 aromatic carbocycles. The van der Waals surface area contributed by atoms with Crippen molar-refractivity contribution in [2.75, 3.05) is 40.8 Å². The molecule has 2 aromatic rings. The zero-order valence-corrected chi connectivity index (χ0v) is 37.9. The van der Waals surface area contributed by atoms with E-state index in [1.54, 1.807) is 12.1 Å². The van der Waals surface area contributed by atoms with E-state index in [0.717, 1.165) is 90.5 Å². The van der Waals surface area contributed by atoms with Gasteiger partial charge >= 0.3 is 17.8 Å². The van der Waals surface area contributed by atoms with E-state index in [1.807, 2.05) is 12.3 Å². The van der Waals surface area contributed by atoms with Crippen LogP contribution in [0, 0.1) is 5.41 Å². The van der Waals surface area contributed by atoms with Crippen LogP contribution in [0.2, 0.25) is 0 Å². The zero-order valence-electron chi connectivity index (χ0n) is 37.1. The molecule has 4 aliphatic heterocycles. The normalized spacial score (nSPS) is 20.0. The van der Waals surface area contributed by atoms with Crippen molar-refractivity contribution in [3.63, 3.8) is 0 Å². The van der Waals surface area contributed by atoms with Crippen LogP contribution in [0.15, 0.2) is 128 Å². The Bertz CT molecular complexity index is 2430. The SMILES string of the molecule is COC(=O)CCCCCN1C=CC=C2C1=N/C(=C/C=C1\C[N+](C)(C)CC(/C=C/C3=Nc4c(ccc[n+]4CCCCCC(=O)O)C3(C)C)=C1Oc1ccc(S(=O)(=O)O)cc1)C2(C)C. The lowest BCUT2D eigenvalue weighted by molar-refractivity contribution is -0.882. The van der Waals surface area contributed by atoms with Crippen molar-refractivity contribution in [1.82, 2.24) is 4.90 Å². The molecule has 1 aromatic heterocycles. The van der Waals surface area contributed by atoms with Crippen LogP contribution in [0.1, 0.15) is 84.6 Å². The van der Waals surface area contributed by atoms with Crippen LogP contribution in [0.3, 0.4) is 0 Å². The first-order valence-corrected chi connectivity index (χ1v) is 22.8. The fourth-order valence-electron chi connectivity index (χ4n) is 8.38. The fraction of sp³-hybridized carbons (Fsp3) is 0.438. The molecule has 0 saturated heterocycles. The number of quaternary nitrogens is 1. The van der Waals surface area contributed by atoms with Crippen molar-refractivity contribution < 1.29 is 46.2 Å². The van der Waals surface area contributed by atoms with Gasteiger partial charge in [-0.15, -0.1) is 0 Å². The number of esters is 1. The van der Waals surface area contributed by atoms with E-state index in [-0.39, 0.29) is 22.7 Å². The Morgan fingerprint density at radius 1 is 0.919 bits per heavy atom. The number of carbonyl (C=O) groups excluding carboxylic acids is 1. The number of rotatable bonds is 18. The maximum atomic E-state index is 11.9. The molecule has 0 unspecified atom stereocenters. The van der Waals surface area contributed by atoms with Gasteiger partial charge in [0.1, 0.15) is 30.4 Å². The largest absolute Gasteiger partial charge is 0.481 e. The summed E-state index contributed by atoms with van der Waals surface area (Å²) in [6.45, 7) is 11.5. The van der Waals surface area contributed by atoms with Gasteiger partial charge in [-0.25, -0.2) is 9.56 Å². The number of likely N-dealkylation sites (N-methyl/N-ethyl adjacent to an activating group) is 1. The molecule has 0 bridgehead atoms. The maximum Gasteiger partial charge on any atom is 0.327 e. The lowest BCUT2D eigenvalue weighted by Crippen LogP contribution is -2.46. The number of pyridine rings is 1. The highest BCUT2D eigenvalue weighted by Crippen LogP contribution is 2.45. The molecule has 13 nitrogen and oxygen atoms in total. The zero-order chi connectivity index (χ0) is 44.9. The van der Waals surface area contributed by atoms with Gasteiger partial charge in [-0.2, -0.15) is 8.42 Å². The van der Waals surface area contributed by atoms with Gasteiger partial charge in [-0.3, -0.25) is 14.1 Å². The minimum Gasteiger partial charge on any atom is -0.481 e. The minimum absolute atomic E-state index is 0.170. The number of unbranched alkanes of at least 4 members (excludes halogenated alkanes) is 4. The summed E-state index contributed by atoms with van der Waals surface area (Å²) in [4.78, 5) is 34.9. The van der Waals surface area contributed by atoms with Gasteiger partial charge in [0.15, 0.2) is 5.71 Å². The van der Waals surface area contributed by atoms with E-state index in [2.05, 4.69) is 100.0 Å². The third-order valence-corrected chi connectivity index (χ3v) is 12.8. The predicted molar refractivity (Wildman–Crippen MR) is 240 cm³/mol. The number of benzene rings is 1. The number of nitrogens with zero attached hydrogens (tertiary/aromatic N) is 5. The molecule has 0 spiro atoms. The van der Waals surface area contributed by atoms with E-state index in [0.29, 0.717) is 41.9 Å². The van der Waals surface area contributed by atoms with Gasteiger partial charge in [0, 0.05) is 47.7 Å². The molecule has 2 N–H and O–H groups in total. The predicted octanol–water partition coefficient (Wildman–Crippen LogP) is 7.95. The summed E-state index contributed by atoms with van der Waals surface area (Å²) < 4.78 is 47.7. The number of carboxylic acids is 1. The number of aryl methyl sites for hydroxylation is 1. The van der Waals surface area contributed by atoms with Crippen molar-refractivity contribution >= 4 is 39.4 Å². The van der Waals surface area contributed by atoms with Crippen LogP contribution in [-0.4, -0.2) is 91.8 Å². The molecule has 5 heterocycles. The Morgan fingerprint density at radius 3 is 2.35 bits per heavy atom. The summed E-state index contributed by atoms with van der Waals surface area (Å²) in [5.41, 5.74) is 5.15. The highest BCUT2D eigenvalue weighted by atomic mass is 32.2. The summed E-state index contributed by atoms with van der Waals surface area (Å²) in [6.07, 6.45) is 22.1. The second-order valence-corrected chi connectivity index (χ2v) is 19.5. The minimum atomic E-state index is -4.39. The maximum absolute atomic E-state index is 11.9. The van der Waals surface area contributed by atoms with Crippen LogP contribution in [0.25, 0.3) is 0 Å². The van der Waals surface area contributed by atoms with E-state index < -0.39 is 21.5 Å². The molecule has 330 valence electrons. The topological polar surface area (TPSA) is 159 Å². The van der Waals surface area contributed by atoms with Crippen LogP contribution >= 0.6 is 0 Å². The van der Waals surface area contributed by atoms with Crippen molar-refractivity contribution in [2.24, 2.45) is 15.4 Å².